The van der Waals surface area contributed by atoms with E-state index in [9.17, 15) is 18.4 Å². The summed E-state index contributed by atoms with van der Waals surface area (Å²) < 4.78 is 26.3. The highest BCUT2D eigenvalue weighted by molar-refractivity contribution is 6.06. The SMILES string of the molecule is Cc1cc(C(=O)NCCNC(=O)Cc2ccc(F)cc2)c2ccc(F)cc2n1. The minimum Gasteiger partial charge on any atom is -0.354 e. The highest BCUT2D eigenvalue weighted by Gasteiger charge is 2.12. The molecule has 0 fully saturated rings. The van der Waals surface area contributed by atoms with Crippen LogP contribution in [0.4, 0.5) is 8.78 Å². The van der Waals surface area contributed by atoms with E-state index in [0.717, 1.165) is 0 Å². The summed E-state index contributed by atoms with van der Waals surface area (Å²) in [6.07, 6.45) is 0.133. The lowest BCUT2D eigenvalue weighted by molar-refractivity contribution is -0.120. The van der Waals surface area contributed by atoms with Gasteiger partial charge in [-0.05, 0) is 42.8 Å². The lowest BCUT2D eigenvalue weighted by Crippen LogP contribution is -2.35. The van der Waals surface area contributed by atoms with E-state index in [1.54, 1.807) is 25.1 Å². The molecule has 0 unspecified atom stereocenters. The van der Waals surface area contributed by atoms with Crippen LogP contribution in [0, 0.1) is 18.6 Å². The number of rotatable bonds is 6. The average Bonchev–Trinajstić information content (AvgIpc) is 2.66. The highest BCUT2D eigenvalue weighted by atomic mass is 19.1. The first-order valence-electron chi connectivity index (χ1n) is 8.78. The Morgan fingerprint density at radius 3 is 2.36 bits per heavy atom. The molecule has 0 bridgehead atoms. The van der Waals surface area contributed by atoms with Gasteiger partial charge in [-0.1, -0.05) is 12.1 Å². The van der Waals surface area contributed by atoms with E-state index < -0.39 is 5.82 Å². The monoisotopic (exact) mass is 383 g/mol. The third kappa shape index (κ3) is 4.88. The van der Waals surface area contributed by atoms with Gasteiger partial charge in [0, 0.05) is 30.2 Å². The zero-order chi connectivity index (χ0) is 20.1. The van der Waals surface area contributed by atoms with E-state index in [0.29, 0.717) is 27.7 Å². The Bertz CT molecular complexity index is 1010. The molecule has 1 aromatic heterocycles. The second-order valence-electron chi connectivity index (χ2n) is 6.38. The number of aryl methyl sites for hydroxylation is 1. The second kappa shape index (κ2) is 8.56. The Kier molecular flexibility index (Phi) is 5.93. The van der Waals surface area contributed by atoms with Crippen molar-refractivity contribution in [3.8, 4) is 0 Å². The van der Waals surface area contributed by atoms with E-state index in [-0.39, 0.29) is 37.1 Å². The molecule has 0 aliphatic heterocycles. The number of halogens is 2. The number of hydrogen-bond acceptors (Lipinski definition) is 3. The maximum absolute atomic E-state index is 13.4. The summed E-state index contributed by atoms with van der Waals surface area (Å²) >= 11 is 0. The smallest absolute Gasteiger partial charge is 0.252 e. The molecule has 2 N–H and O–H groups in total. The van der Waals surface area contributed by atoms with Gasteiger partial charge in [-0.15, -0.1) is 0 Å². The van der Waals surface area contributed by atoms with Gasteiger partial charge in [0.05, 0.1) is 17.5 Å². The van der Waals surface area contributed by atoms with Gasteiger partial charge in [0.15, 0.2) is 0 Å². The number of nitrogens with one attached hydrogen (secondary N) is 2. The molecule has 3 rings (SSSR count). The quantitative estimate of drug-likeness (QED) is 0.643. The predicted molar refractivity (Wildman–Crippen MR) is 102 cm³/mol. The summed E-state index contributed by atoms with van der Waals surface area (Å²) in [4.78, 5) is 28.6. The van der Waals surface area contributed by atoms with Gasteiger partial charge in [0.1, 0.15) is 11.6 Å². The topological polar surface area (TPSA) is 71.1 Å². The number of fused-ring (bicyclic) bond motifs is 1. The molecule has 0 saturated carbocycles. The van der Waals surface area contributed by atoms with Crippen LogP contribution in [-0.2, 0) is 11.2 Å². The average molecular weight is 383 g/mol. The predicted octanol–water partition coefficient (Wildman–Crippen LogP) is 2.91. The fourth-order valence-electron chi connectivity index (χ4n) is 2.85. The van der Waals surface area contributed by atoms with Crippen LogP contribution in [0.15, 0.2) is 48.5 Å². The molecule has 144 valence electrons. The molecule has 2 aromatic carbocycles. The molecule has 0 saturated heterocycles. The Balaban J connectivity index is 1.54. The molecule has 0 atom stereocenters. The highest BCUT2D eigenvalue weighted by Crippen LogP contribution is 2.19. The van der Waals surface area contributed by atoms with Crippen molar-refractivity contribution in [1.82, 2.24) is 15.6 Å². The molecule has 0 aliphatic rings. The summed E-state index contributed by atoms with van der Waals surface area (Å²) in [7, 11) is 0. The number of nitrogens with zero attached hydrogens (tertiary/aromatic N) is 1. The van der Waals surface area contributed by atoms with Gasteiger partial charge in [0.25, 0.3) is 5.91 Å². The van der Waals surface area contributed by atoms with Gasteiger partial charge >= 0.3 is 0 Å². The minimum atomic E-state index is -0.416. The van der Waals surface area contributed by atoms with Gasteiger partial charge in [0.2, 0.25) is 5.91 Å². The van der Waals surface area contributed by atoms with Gasteiger partial charge in [-0.25, -0.2) is 8.78 Å². The van der Waals surface area contributed by atoms with E-state index in [1.807, 2.05) is 0 Å². The molecule has 0 spiro atoms. The summed E-state index contributed by atoms with van der Waals surface area (Å²) in [5.41, 5.74) is 2.13. The van der Waals surface area contributed by atoms with E-state index in [2.05, 4.69) is 15.6 Å². The number of carbonyl (C=O) groups is 2. The van der Waals surface area contributed by atoms with Crippen LogP contribution in [0.5, 0.6) is 0 Å². The molecular formula is C21H19F2N3O2. The lowest BCUT2D eigenvalue weighted by Gasteiger charge is -2.10. The summed E-state index contributed by atoms with van der Waals surface area (Å²) in [6.45, 7) is 2.22. The molecule has 5 nitrogen and oxygen atoms in total. The van der Waals surface area contributed by atoms with Crippen LogP contribution >= 0.6 is 0 Å². The van der Waals surface area contributed by atoms with Crippen LogP contribution < -0.4 is 10.6 Å². The van der Waals surface area contributed by atoms with Gasteiger partial charge < -0.3 is 10.6 Å². The zero-order valence-electron chi connectivity index (χ0n) is 15.3. The molecule has 28 heavy (non-hydrogen) atoms. The molecule has 3 aromatic rings. The standard InChI is InChI=1S/C21H19F2N3O2/c1-13-10-18(17-7-6-16(23)12-19(17)26-13)21(28)25-9-8-24-20(27)11-14-2-4-15(22)5-3-14/h2-7,10,12H,8-9,11H2,1H3,(H,24,27)(H,25,28). The van der Waals surface area contributed by atoms with Crippen molar-refractivity contribution in [2.45, 2.75) is 13.3 Å². The fraction of sp³-hybridized carbons (Fsp3) is 0.190. The van der Waals surface area contributed by atoms with Crippen LogP contribution in [0.25, 0.3) is 10.9 Å². The van der Waals surface area contributed by atoms with Crippen molar-refractivity contribution >= 4 is 22.7 Å². The van der Waals surface area contributed by atoms with Gasteiger partial charge in [-0.3, -0.25) is 14.6 Å². The number of aromatic nitrogens is 1. The van der Waals surface area contributed by atoms with Crippen LogP contribution in [0.2, 0.25) is 0 Å². The number of hydrogen-bond donors (Lipinski definition) is 2. The maximum atomic E-state index is 13.4. The van der Waals surface area contributed by atoms with Crippen molar-refractivity contribution in [1.29, 1.82) is 0 Å². The molecule has 0 radical (unpaired) electrons. The maximum Gasteiger partial charge on any atom is 0.252 e. The molecule has 2 amide bonds. The minimum absolute atomic E-state index is 0.133. The Hall–Kier alpha value is -3.35. The molecule has 7 heteroatoms. The summed E-state index contributed by atoms with van der Waals surface area (Å²) in [5, 5.41) is 5.99. The van der Waals surface area contributed by atoms with Crippen LogP contribution in [0.1, 0.15) is 21.6 Å². The van der Waals surface area contributed by atoms with E-state index >= 15 is 0 Å². The van der Waals surface area contributed by atoms with Crippen LogP contribution in [-0.4, -0.2) is 29.9 Å². The summed E-state index contributed by atoms with van der Waals surface area (Å²) in [5.74, 6) is -1.31. The lowest BCUT2D eigenvalue weighted by atomic mass is 10.1. The Morgan fingerprint density at radius 2 is 1.61 bits per heavy atom. The van der Waals surface area contributed by atoms with Crippen molar-refractivity contribution in [2.24, 2.45) is 0 Å². The number of pyridine rings is 1. The second-order valence-corrected chi connectivity index (χ2v) is 6.38. The first kappa shape index (κ1) is 19.4. The fourth-order valence-corrected chi connectivity index (χ4v) is 2.85. The van der Waals surface area contributed by atoms with E-state index in [4.69, 9.17) is 0 Å². The Morgan fingerprint density at radius 1 is 0.929 bits per heavy atom. The van der Waals surface area contributed by atoms with Crippen molar-refractivity contribution in [3.05, 3.63) is 77.0 Å². The van der Waals surface area contributed by atoms with E-state index in [1.165, 1.54) is 30.3 Å². The van der Waals surface area contributed by atoms with Gasteiger partial charge in [-0.2, -0.15) is 0 Å². The molecular weight excluding hydrogens is 364 g/mol. The van der Waals surface area contributed by atoms with Crippen molar-refractivity contribution < 1.29 is 18.4 Å². The number of benzene rings is 2. The Labute approximate surface area is 160 Å². The largest absolute Gasteiger partial charge is 0.354 e. The van der Waals surface area contributed by atoms with Crippen molar-refractivity contribution in [2.75, 3.05) is 13.1 Å². The third-order valence-corrected chi connectivity index (χ3v) is 4.16. The van der Waals surface area contributed by atoms with Crippen LogP contribution in [0.3, 0.4) is 0 Å². The summed E-state index contributed by atoms with van der Waals surface area (Å²) in [6, 6.07) is 11.4. The molecule has 0 aliphatic carbocycles. The normalized spacial score (nSPS) is 10.7. The third-order valence-electron chi connectivity index (χ3n) is 4.16. The first-order chi connectivity index (χ1) is 13.4. The molecule has 1 heterocycles. The number of amides is 2. The van der Waals surface area contributed by atoms with Crippen molar-refractivity contribution in [3.63, 3.8) is 0 Å². The zero-order valence-corrected chi connectivity index (χ0v) is 15.3. The number of carbonyl (C=O) groups excluding carboxylic acids is 2. The first-order valence-corrected chi connectivity index (χ1v) is 8.78.